The van der Waals surface area contributed by atoms with Crippen LogP contribution in [0.15, 0.2) is 10.5 Å². The number of nitrogens with zero attached hydrogens (tertiary/aromatic N) is 1. The molecule has 0 radical (unpaired) electrons. The Hall–Kier alpha value is 0.0900. The van der Waals surface area contributed by atoms with Gasteiger partial charge < -0.3 is 4.90 Å². The lowest BCUT2D eigenvalue weighted by Crippen LogP contribution is -2.19. The lowest BCUT2D eigenvalue weighted by molar-refractivity contribution is 0.566. The Morgan fingerprint density at radius 1 is 1.27 bits per heavy atom. The van der Waals surface area contributed by atoms with Crippen molar-refractivity contribution in [3.8, 4) is 0 Å². The van der Waals surface area contributed by atoms with Crippen molar-refractivity contribution in [1.82, 2.24) is 0 Å². The Morgan fingerprint density at radius 3 is 2.47 bits per heavy atom. The molecule has 1 aliphatic heterocycles. The monoisotopic (exact) mass is 387 g/mol. The minimum Gasteiger partial charge on any atom is -0.371 e. The van der Waals surface area contributed by atoms with E-state index < -0.39 is 11.6 Å². The second-order valence-corrected chi connectivity index (χ2v) is 5.39. The fourth-order valence-corrected chi connectivity index (χ4v) is 3.20. The maximum atomic E-state index is 13.6. The van der Waals surface area contributed by atoms with E-state index in [1.54, 1.807) is 0 Å². The molecule has 5 heteroatoms. The summed E-state index contributed by atoms with van der Waals surface area (Å²) in [4.78, 5) is 2.03. The van der Waals surface area contributed by atoms with Crippen LogP contribution in [0.25, 0.3) is 0 Å². The van der Waals surface area contributed by atoms with E-state index in [0.29, 0.717) is 9.26 Å². The summed E-state index contributed by atoms with van der Waals surface area (Å²) in [6.07, 6.45) is 2.19. The van der Waals surface area contributed by atoms with Gasteiger partial charge in [-0.15, -0.1) is 0 Å². The van der Waals surface area contributed by atoms with E-state index in [0.717, 1.165) is 25.9 Å². The first-order valence-electron chi connectivity index (χ1n) is 4.69. The van der Waals surface area contributed by atoms with Crippen LogP contribution < -0.4 is 4.90 Å². The number of benzene rings is 1. The van der Waals surface area contributed by atoms with Crippen molar-refractivity contribution in [2.75, 3.05) is 18.0 Å². The Morgan fingerprint density at radius 2 is 1.87 bits per heavy atom. The Kier molecular flexibility index (Phi) is 3.49. The molecule has 0 saturated carbocycles. The molecule has 82 valence electrons. The smallest absolute Gasteiger partial charge is 0.155 e. The van der Waals surface area contributed by atoms with Crippen molar-refractivity contribution in [1.29, 1.82) is 0 Å². The summed E-state index contributed by atoms with van der Waals surface area (Å²) in [7, 11) is 0. The topological polar surface area (TPSA) is 3.24 Å². The van der Waals surface area contributed by atoms with E-state index in [9.17, 15) is 8.78 Å². The highest BCUT2D eigenvalue weighted by atomic mass is 127. The van der Waals surface area contributed by atoms with Gasteiger partial charge in [0, 0.05) is 13.1 Å². The molecule has 1 aromatic rings. The predicted molar refractivity (Wildman–Crippen MR) is 68.2 cm³/mol. The van der Waals surface area contributed by atoms with Crippen molar-refractivity contribution in [2.24, 2.45) is 0 Å². The van der Waals surface area contributed by atoms with Crippen molar-refractivity contribution in [3.63, 3.8) is 0 Å². The molecule has 0 amide bonds. The van der Waals surface area contributed by atoms with E-state index in [4.69, 9.17) is 0 Å². The van der Waals surface area contributed by atoms with Crippen LogP contribution in [0, 0.1) is 15.2 Å². The molecule has 0 bridgehead atoms. The van der Waals surface area contributed by atoms with Gasteiger partial charge in [-0.3, -0.25) is 0 Å². The molecule has 0 spiro atoms. The molecular formula is C10H9BrF2IN. The summed E-state index contributed by atoms with van der Waals surface area (Å²) in [5, 5.41) is 0. The summed E-state index contributed by atoms with van der Waals surface area (Å²) >= 11 is 4.82. The van der Waals surface area contributed by atoms with Crippen LogP contribution in [-0.4, -0.2) is 13.1 Å². The van der Waals surface area contributed by atoms with Crippen LogP contribution in [0.1, 0.15) is 12.8 Å². The molecule has 1 fully saturated rings. The normalized spacial score (nSPS) is 16.1. The third kappa shape index (κ3) is 2.13. The van der Waals surface area contributed by atoms with Crippen LogP contribution in [-0.2, 0) is 0 Å². The van der Waals surface area contributed by atoms with Crippen molar-refractivity contribution >= 4 is 44.2 Å². The molecule has 1 aliphatic rings. The molecule has 1 heterocycles. The summed E-state index contributed by atoms with van der Waals surface area (Å²) in [5.41, 5.74) is 0.672. The fraction of sp³-hybridized carbons (Fsp3) is 0.400. The highest BCUT2D eigenvalue weighted by Crippen LogP contribution is 2.33. The van der Waals surface area contributed by atoms with E-state index in [-0.39, 0.29) is 4.47 Å². The molecular weight excluding hydrogens is 379 g/mol. The molecule has 1 nitrogen and oxygen atoms in total. The highest BCUT2D eigenvalue weighted by molar-refractivity contribution is 14.1. The fourth-order valence-electron chi connectivity index (χ4n) is 1.75. The number of hydrogen-bond donors (Lipinski definition) is 0. The molecule has 2 rings (SSSR count). The third-order valence-corrected chi connectivity index (χ3v) is 4.28. The van der Waals surface area contributed by atoms with Gasteiger partial charge in [-0.05, 0) is 57.4 Å². The maximum Gasteiger partial charge on any atom is 0.155 e. The van der Waals surface area contributed by atoms with Gasteiger partial charge in [-0.1, -0.05) is 0 Å². The summed E-state index contributed by atoms with van der Waals surface area (Å²) < 4.78 is 27.4. The van der Waals surface area contributed by atoms with Crippen LogP contribution >= 0.6 is 38.5 Å². The zero-order valence-electron chi connectivity index (χ0n) is 7.86. The van der Waals surface area contributed by atoms with Gasteiger partial charge in [-0.2, -0.15) is 0 Å². The largest absolute Gasteiger partial charge is 0.371 e. The van der Waals surface area contributed by atoms with E-state index in [1.807, 2.05) is 27.5 Å². The first-order chi connectivity index (χ1) is 7.11. The molecule has 0 unspecified atom stereocenters. The van der Waals surface area contributed by atoms with Gasteiger partial charge in [0.2, 0.25) is 0 Å². The molecule has 0 N–H and O–H groups in total. The van der Waals surface area contributed by atoms with Gasteiger partial charge >= 0.3 is 0 Å². The Balaban J connectivity index is 2.47. The molecule has 1 saturated heterocycles. The van der Waals surface area contributed by atoms with Crippen LogP contribution in [0.4, 0.5) is 14.5 Å². The van der Waals surface area contributed by atoms with Crippen molar-refractivity contribution < 1.29 is 8.78 Å². The summed E-state index contributed by atoms with van der Waals surface area (Å²) in [6.45, 7) is 1.77. The predicted octanol–water partition coefficient (Wildman–Crippen LogP) is 3.93. The van der Waals surface area contributed by atoms with E-state index in [1.165, 1.54) is 6.07 Å². The average Bonchev–Trinajstić information content (AvgIpc) is 2.73. The number of rotatable bonds is 1. The van der Waals surface area contributed by atoms with Crippen LogP contribution in [0.2, 0.25) is 0 Å². The first-order valence-corrected chi connectivity index (χ1v) is 6.56. The molecule has 1 aromatic carbocycles. The summed E-state index contributed by atoms with van der Waals surface area (Å²) in [6, 6.07) is 1.40. The summed E-state index contributed by atoms with van der Waals surface area (Å²) in [5.74, 6) is -1.03. The lowest BCUT2D eigenvalue weighted by atomic mass is 10.3. The number of halogens is 4. The Bertz CT molecular complexity index is 391. The molecule has 0 atom stereocenters. The average molecular weight is 388 g/mol. The van der Waals surface area contributed by atoms with Gasteiger partial charge in [0.25, 0.3) is 0 Å². The Labute approximate surface area is 109 Å². The minimum absolute atomic E-state index is 0.0742. The van der Waals surface area contributed by atoms with Gasteiger partial charge in [0.15, 0.2) is 5.82 Å². The van der Waals surface area contributed by atoms with Gasteiger partial charge in [0.05, 0.1) is 13.7 Å². The van der Waals surface area contributed by atoms with Crippen molar-refractivity contribution in [2.45, 2.75) is 12.8 Å². The zero-order valence-corrected chi connectivity index (χ0v) is 11.6. The number of hydrogen-bond acceptors (Lipinski definition) is 1. The SMILES string of the molecule is Fc1cc(N2CCCC2)c(I)c(F)c1Br. The second-order valence-electron chi connectivity index (χ2n) is 3.51. The lowest BCUT2D eigenvalue weighted by Gasteiger charge is -2.20. The maximum absolute atomic E-state index is 13.6. The van der Waals surface area contributed by atoms with Gasteiger partial charge in [-0.25, -0.2) is 8.78 Å². The quantitative estimate of drug-likeness (QED) is 0.401. The van der Waals surface area contributed by atoms with E-state index >= 15 is 0 Å². The third-order valence-electron chi connectivity index (χ3n) is 2.53. The zero-order chi connectivity index (χ0) is 11.0. The van der Waals surface area contributed by atoms with Crippen LogP contribution in [0.5, 0.6) is 0 Å². The van der Waals surface area contributed by atoms with Gasteiger partial charge in [0.1, 0.15) is 5.82 Å². The molecule has 15 heavy (non-hydrogen) atoms. The highest BCUT2D eigenvalue weighted by Gasteiger charge is 2.21. The molecule has 0 aliphatic carbocycles. The first kappa shape index (κ1) is 11.6. The number of anilines is 1. The van der Waals surface area contributed by atoms with Crippen LogP contribution in [0.3, 0.4) is 0 Å². The molecule has 0 aromatic heterocycles. The second kappa shape index (κ2) is 4.53. The minimum atomic E-state index is -0.533. The standard InChI is InChI=1S/C10H9BrF2IN/c11-8-6(12)5-7(10(14)9(8)13)15-3-1-2-4-15/h5H,1-4H2. The van der Waals surface area contributed by atoms with Crippen molar-refractivity contribution in [3.05, 3.63) is 25.7 Å². The van der Waals surface area contributed by atoms with E-state index in [2.05, 4.69) is 15.9 Å².